The molecule has 0 bridgehead atoms. The molecule has 0 spiro atoms. The van der Waals surface area contributed by atoms with Crippen molar-refractivity contribution in [1.82, 2.24) is 5.32 Å². The molecule has 1 aromatic rings. The molecule has 0 heterocycles. The molecule has 1 atom stereocenters. The van der Waals surface area contributed by atoms with Crippen LogP contribution in [0.25, 0.3) is 0 Å². The molecular formula is C17H23NO2. The smallest absolute Gasteiger partial charge is 0.255 e. The maximum atomic E-state index is 12.4. The predicted molar refractivity (Wildman–Crippen MR) is 81.0 cm³/mol. The van der Waals surface area contributed by atoms with E-state index < -0.39 is 0 Å². The zero-order chi connectivity index (χ0) is 14.6. The number of carbonyl (C=O) groups is 1. The van der Waals surface area contributed by atoms with E-state index in [2.05, 4.69) is 25.7 Å². The molecular weight excluding hydrogens is 250 g/mol. The first-order valence-corrected chi connectivity index (χ1v) is 7.15. The van der Waals surface area contributed by atoms with Crippen LogP contribution in [-0.2, 0) is 0 Å². The minimum absolute atomic E-state index is 0.0487. The lowest BCUT2D eigenvalue weighted by molar-refractivity contribution is 0.0932. The van der Waals surface area contributed by atoms with Crippen molar-refractivity contribution in [3.63, 3.8) is 0 Å². The summed E-state index contributed by atoms with van der Waals surface area (Å²) >= 11 is 0. The molecule has 1 aliphatic rings. The Labute approximate surface area is 121 Å². The Bertz CT molecular complexity index is 494. The summed E-state index contributed by atoms with van der Waals surface area (Å²) in [4.78, 5) is 12.4. The van der Waals surface area contributed by atoms with Crippen molar-refractivity contribution >= 4 is 5.91 Å². The third-order valence-electron chi connectivity index (χ3n) is 3.79. The van der Waals surface area contributed by atoms with E-state index in [-0.39, 0.29) is 11.9 Å². The topological polar surface area (TPSA) is 38.3 Å². The molecule has 3 nitrogen and oxygen atoms in total. The maximum absolute atomic E-state index is 12.4. The van der Waals surface area contributed by atoms with Gasteiger partial charge in [-0.05, 0) is 36.8 Å². The summed E-state index contributed by atoms with van der Waals surface area (Å²) in [6.45, 7) is 8.53. The van der Waals surface area contributed by atoms with Crippen LogP contribution >= 0.6 is 0 Å². The fraction of sp³-hybridized carbons (Fsp3) is 0.471. The van der Waals surface area contributed by atoms with Crippen LogP contribution in [0.2, 0.25) is 0 Å². The third-order valence-corrected chi connectivity index (χ3v) is 3.79. The average Bonchev–Trinajstić information content (AvgIpc) is 2.76. The van der Waals surface area contributed by atoms with Gasteiger partial charge in [-0.3, -0.25) is 4.79 Å². The summed E-state index contributed by atoms with van der Waals surface area (Å²) in [5.41, 5.74) is 0.927. The van der Waals surface area contributed by atoms with Crippen LogP contribution in [0.1, 0.15) is 43.5 Å². The van der Waals surface area contributed by atoms with Gasteiger partial charge in [0.05, 0.1) is 5.56 Å². The molecule has 1 saturated carbocycles. The fourth-order valence-corrected chi connectivity index (χ4v) is 2.75. The van der Waals surface area contributed by atoms with Gasteiger partial charge in [0.25, 0.3) is 5.91 Å². The fourth-order valence-electron chi connectivity index (χ4n) is 2.75. The highest BCUT2D eigenvalue weighted by molar-refractivity contribution is 5.97. The van der Waals surface area contributed by atoms with Crippen LogP contribution in [0.3, 0.4) is 0 Å². The van der Waals surface area contributed by atoms with Gasteiger partial charge in [-0.2, -0.15) is 0 Å². The molecule has 0 radical (unpaired) electrons. The van der Waals surface area contributed by atoms with Gasteiger partial charge in [0, 0.05) is 6.04 Å². The lowest BCUT2D eigenvalue weighted by Crippen LogP contribution is -2.33. The number of amides is 1. The summed E-state index contributed by atoms with van der Waals surface area (Å²) in [6.07, 6.45) is 4.92. The highest BCUT2D eigenvalue weighted by atomic mass is 16.5. The van der Waals surface area contributed by atoms with Gasteiger partial charge in [0.15, 0.2) is 0 Å². The largest absolute Gasteiger partial charge is 0.489 e. The molecule has 1 aliphatic carbocycles. The molecule has 0 saturated heterocycles. The molecule has 0 aliphatic heterocycles. The molecule has 1 N–H and O–H groups in total. The van der Waals surface area contributed by atoms with Crippen molar-refractivity contribution in [2.24, 2.45) is 5.41 Å². The predicted octanol–water partition coefficient (Wildman–Crippen LogP) is 3.56. The Morgan fingerprint density at radius 2 is 2.25 bits per heavy atom. The second-order valence-electron chi connectivity index (χ2n) is 6.17. The molecule has 1 amide bonds. The van der Waals surface area contributed by atoms with Crippen LogP contribution in [0, 0.1) is 5.41 Å². The van der Waals surface area contributed by atoms with Crippen LogP contribution < -0.4 is 10.1 Å². The summed E-state index contributed by atoms with van der Waals surface area (Å²) in [6, 6.07) is 7.61. The third kappa shape index (κ3) is 3.62. The Hall–Kier alpha value is -1.77. The van der Waals surface area contributed by atoms with E-state index in [0.29, 0.717) is 23.3 Å². The van der Waals surface area contributed by atoms with Crippen LogP contribution in [0.15, 0.2) is 36.9 Å². The Morgan fingerprint density at radius 3 is 2.90 bits per heavy atom. The molecule has 1 unspecified atom stereocenters. The monoisotopic (exact) mass is 273 g/mol. The van der Waals surface area contributed by atoms with Crippen molar-refractivity contribution in [1.29, 1.82) is 0 Å². The van der Waals surface area contributed by atoms with Crippen molar-refractivity contribution in [2.45, 2.75) is 39.2 Å². The second-order valence-corrected chi connectivity index (χ2v) is 6.17. The highest BCUT2D eigenvalue weighted by Crippen LogP contribution is 2.37. The highest BCUT2D eigenvalue weighted by Gasteiger charge is 2.32. The molecule has 1 aromatic carbocycles. The molecule has 108 valence electrons. The van der Waals surface area contributed by atoms with E-state index in [4.69, 9.17) is 4.74 Å². The van der Waals surface area contributed by atoms with Crippen molar-refractivity contribution in [3.05, 3.63) is 42.5 Å². The Balaban J connectivity index is 2.04. The molecule has 3 heteroatoms. The zero-order valence-electron chi connectivity index (χ0n) is 12.3. The number of para-hydroxylation sites is 1. The second kappa shape index (κ2) is 6.12. The van der Waals surface area contributed by atoms with Gasteiger partial charge in [0.2, 0.25) is 0 Å². The summed E-state index contributed by atoms with van der Waals surface area (Å²) in [5, 5.41) is 3.12. The SMILES string of the molecule is C=CCOc1ccccc1C(=O)NC1CCC(C)(C)C1. The molecule has 20 heavy (non-hydrogen) atoms. The van der Waals surface area contributed by atoms with Gasteiger partial charge in [-0.15, -0.1) is 0 Å². The normalized spacial score (nSPS) is 20.4. The van der Waals surface area contributed by atoms with Gasteiger partial charge < -0.3 is 10.1 Å². The number of rotatable bonds is 5. The van der Waals surface area contributed by atoms with Crippen molar-refractivity contribution in [3.8, 4) is 5.75 Å². The number of nitrogens with one attached hydrogen (secondary N) is 1. The number of hydrogen-bond acceptors (Lipinski definition) is 2. The Morgan fingerprint density at radius 1 is 1.50 bits per heavy atom. The summed E-state index contributed by atoms with van der Waals surface area (Å²) < 4.78 is 5.53. The van der Waals surface area contributed by atoms with Gasteiger partial charge >= 0.3 is 0 Å². The van der Waals surface area contributed by atoms with Crippen molar-refractivity contribution < 1.29 is 9.53 Å². The van der Waals surface area contributed by atoms with Gasteiger partial charge in [-0.25, -0.2) is 0 Å². The minimum Gasteiger partial charge on any atom is -0.489 e. The quantitative estimate of drug-likeness (QED) is 0.833. The first-order chi connectivity index (χ1) is 9.52. The van der Waals surface area contributed by atoms with E-state index in [1.54, 1.807) is 12.1 Å². The standard InChI is InChI=1S/C17H23NO2/c1-4-11-20-15-8-6-5-7-14(15)16(19)18-13-9-10-17(2,3)12-13/h4-8,13H,1,9-12H2,2-3H3,(H,18,19). The zero-order valence-corrected chi connectivity index (χ0v) is 12.3. The number of hydrogen-bond donors (Lipinski definition) is 1. The van der Waals surface area contributed by atoms with Crippen LogP contribution in [0.4, 0.5) is 0 Å². The first kappa shape index (κ1) is 14.6. The first-order valence-electron chi connectivity index (χ1n) is 7.15. The summed E-state index contributed by atoms with van der Waals surface area (Å²) in [7, 11) is 0. The van der Waals surface area contributed by atoms with Gasteiger partial charge in [-0.1, -0.05) is 38.6 Å². The summed E-state index contributed by atoms with van der Waals surface area (Å²) in [5.74, 6) is 0.564. The minimum atomic E-state index is -0.0487. The van der Waals surface area contributed by atoms with Crippen molar-refractivity contribution in [2.75, 3.05) is 6.61 Å². The van der Waals surface area contributed by atoms with Gasteiger partial charge in [0.1, 0.15) is 12.4 Å². The number of ether oxygens (including phenoxy) is 1. The lowest BCUT2D eigenvalue weighted by atomic mass is 9.92. The van der Waals surface area contributed by atoms with E-state index in [0.717, 1.165) is 19.3 Å². The molecule has 1 fully saturated rings. The Kier molecular flexibility index (Phi) is 4.48. The number of carbonyl (C=O) groups excluding carboxylic acids is 1. The van der Waals surface area contributed by atoms with E-state index in [9.17, 15) is 4.79 Å². The lowest BCUT2D eigenvalue weighted by Gasteiger charge is -2.18. The average molecular weight is 273 g/mol. The number of benzene rings is 1. The molecule has 2 rings (SSSR count). The maximum Gasteiger partial charge on any atom is 0.255 e. The van der Waals surface area contributed by atoms with Crippen LogP contribution in [-0.4, -0.2) is 18.6 Å². The molecule has 0 aromatic heterocycles. The van der Waals surface area contributed by atoms with E-state index >= 15 is 0 Å². The van der Waals surface area contributed by atoms with Crippen LogP contribution in [0.5, 0.6) is 5.75 Å². The van der Waals surface area contributed by atoms with E-state index in [1.807, 2.05) is 18.2 Å². The van der Waals surface area contributed by atoms with E-state index in [1.165, 1.54) is 0 Å².